The SMILES string of the molecule is C[C@@H](NC(=O)CCCOCc1ccccc1)c1nnc2ccccn12. The second-order valence-electron chi connectivity index (χ2n) is 5.92. The average Bonchev–Trinajstić information content (AvgIpc) is 3.06. The standard InChI is InChI=1S/C19H22N4O2/c1-15(19-22-21-17-10-5-6-12-23(17)19)20-18(24)11-7-13-25-14-16-8-3-2-4-9-16/h2-6,8-10,12,15H,7,11,13-14H2,1H3,(H,20,24)/t15-/m1/s1. The molecule has 25 heavy (non-hydrogen) atoms. The lowest BCUT2D eigenvalue weighted by Gasteiger charge is -2.12. The first-order valence-electron chi connectivity index (χ1n) is 8.45. The number of benzene rings is 1. The first-order chi connectivity index (χ1) is 12.2. The van der Waals surface area contributed by atoms with Crippen LogP contribution in [0.5, 0.6) is 0 Å². The molecule has 0 saturated heterocycles. The molecule has 0 fully saturated rings. The summed E-state index contributed by atoms with van der Waals surface area (Å²) in [7, 11) is 0. The van der Waals surface area contributed by atoms with Crippen LogP contribution in [0.25, 0.3) is 5.65 Å². The van der Waals surface area contributed by atoms with Crippen molar-refractivity contribution in [3.63, 3.8) is 0 Å². The van der Waals surface area contributed by atoms with Crippen molar-refractivity contribution < 1.29 is 9.53 Å². The van der Waals surface area contributed by atoms with Crippen molar-refractivity contribution in [3.05, 3.63) is 66.1 Å². The topological polar surface area (TPSA) is 68.5 Å². The molecule has 6 heteroatoms. The molecule has 0 aliphatic carbocycles. The lowest BCUT2D eigenvalue weighted by Crippen LogP contribution is -2.28. The Morgan fingerprint density at radius 2 is 1.96 bits per heavy atom. The minimum Gasteiger partial charge on any atom is -0.377 e. The number of rotatable bonds is 8. The van der Waals surface area contributed by atoms with Gasteiger partial charge in [0.1, 0.15) is 0 Å². The molecule has 2 aromatic heterocycles. The third-order valence-corrected chi connectivity index (χ3v) is 3.91. The highest BCUT2D eigenvalue weighted by molar-refractivity contribution is 5.76. The van der Waals surface area contributed by atoms with Crippen LogP contribution >= 0.6 is 0 Å². The van der Waals surface area contributed by atoms with Crippen LogP contribution in [-0.4, -0.2) is 27.1 Å². The zero-order valence-corrected chi connectivity index (χ0v) is 14.3. The lowest BCUT2D eigenvalue weighted by molar-refractivity contribution is -0.122. The van der Waals surface area contributed by atoms with Crippen molar-refractivity contribution in [1.29, 1.82) is 0 Å². The summed E-state index contributed by atoms with van der Waals surface area (Å²) in [5.74, 6) is 0.716. The van der Waals surface area contributed by atoms with E-state index in [9.17, 15) is 4.79 Å². The predicted octanol–water partition coefficient (Wildman–Crippen LogP) is 2.90. The van der Waals surface area contributed by atoms with E-state index < -0.39 is 0 Å². The van der Waals surface area contributed by atoms with Crippen LogP contribution in [-0.2, 0) is 16.1 Å². The van der Waals surface area contributed by atoms with Gasteiger partial charge in [-0.1, -0.05) is 36.4 Å². The lowest BCUT2D eigenvalue weighted by atomic mass is 10.2. The number of fused-ring (bicyclic) bond motifs is 1. The quantitative estimate of drug-likeness (QED) is 0.641. The molecular formula is C19H22N4O2. The summed E-state index contributed by atoms with van der Waals surface area (Å²) in [6.45, 7) is 3.04. The normalized spacial score (nSPS) is 12.2. The van der Waals surface area contributed by atoms with Crippen LogP contribution in [0.3, 0.4) is 0 Å². The Kier molecular flexibility index (Phi) is 5.74. The van der Waals surface area contributed by atoms with Crippen LogP contribution in [0.4, 0.5) is 0 Å². The van der Waals surface area contributed by atoms with Gasteiger partial charge in [0.05, 0.1) is 12.6 Å². The van der Waals surface area contributed by atoms with Gasteiger partial charge in [-0.15, -0.1) is 10.2 Å². The molecule has 3 aromatic rings. The summed E-state index contributed by atoms with van der Waals surface area (Å²) in [6, 6.07) is 15.5. The smallest absolute Gasteiger partial charge is 0.220 e. The van der Waals surface area contributed by atoms with Gasteiger partial charge in [0.25, 0.3) is 0 Å². The number of pyridine rings is 1. The maximum absolute atomic E-state index is 12.1. The molecule has 0 unspecified atom stereocenters. The zero-order valence-electron chi connectivity index (χ0n) is 14.3. The fraction of sp³-hybridized carbons (Fsp3) is 0.316. The van der Waals surface area contributed by atoms with Crippen molar-refractivity contribution in [2.45, 2.75) is 32.4 Å². The number of ether oxygens (including phenoxy) is 1. The molecular weight excluding hydrogens is 316 g/mol. The van der Waals surface area contributed by atoms with Crippen LogP contribution < -0.4 is 5.32 Å². The third kappa shape index (κ3) is 4.64. The van der Waals surface area contributed by atoms with E-state index in [2.05, 4.69) is 15.5 Å². The second-order valence-corrected chi connectivity index (χ2v) is 5.92. The summed E-state index contributed by atoms with van der Waals surface area (Å²) in [5.41, 5.74) is 1.91. The molecule has 0 aliphatic heterocycles. The molecule has 1 aromatic carbocycles. The van der Waals surface area contributed by atoms with E-state index in [4.69, 9.17) is 4.74 Å². The second kappa shape index (κ2) is 8.39. The van der Waals surface area contributed by atoms with Crippen LogP contribution in [0.2, 0.25) is 0 Å². The molecule has 0 bridgehead atoms. The number of hydrogen-bond acceptors (Lipinski definition) is 4. The van der Waals surface area contributed by atoms with Gasteiger partial charge < -0.3 is 10.1 Å². The molecule has 3 rings (SSSR count). The first-order valence-corrected chi connectivity index (χ1v) is 8.45. The van der Waals surface area contributed by atoms with Crippen molar-refractivity contribution >= 4 is 11.6 Å². The van der Waals surface area contributed by atoms with E-state index in [0.29, 0.717) is 26.1 Å². The minimum absolute atomic E-state index is 0.0107. The van der Waals surface area contributed by atoms with Crippen molar-refractivity contribution in [2.75, 3.05) is 6.61 Å². The molecule has 0 radical (unpaired) electrons. The minimum atomic E-state index is -0.199. The van der Waals surface area contributed by atoms with Gasteiger partial charge in [-0.05, 0) is 31.0 Å². The molecule has 0 spiro atoms. The van der Waals surface area contributed by atoms with E-state index in [0.717, 1.165) is 17.0 Å². The Morgan fingerprint density at radius 3 is 2.80 bits per heavy atom. The summed E-state index contributed by atoms with van der Waals surface area (Å²) in [4.78, 5) is 12.1. The highest BCUT2D eigenvalue weighted by Crippen LogP contribution is 2.12. The van der Waals surface area contributed by atoms with Gasteiger partial charge in [-0.3, -0.25) is 9.20 Å². The van der Waals surface area contributed by atoms with Crippen LogP contribution in [0.1, 0.15) is 37.2 Å². The number of carbonyl (C=O) groups is 1. The summed E-state index contributed by atoms with van der Waals surface area (Å²) >= 11 is 0. The van der Waals surface area contributed by atoms with Gasteiger partial charge >= 0.3 is 0 Å². The molecule has 1 atom stereocenters. The third-order valence-electron chi connectivity index (χ3n) is 3.91. The maximum atomic E-state index is 12.1. The Hall–Kier alpha value is -2.73. The number of hydrogen-bond donors (Lipinski definition) is 1. The van der Waals surface area contributed by atoms with Gasteiger partial charge in [0, 0.05) is 19.2 Å². The number of nitrogens with one attached hydrogen (secondary N) is 1. The molecule has 6 nitrogen and oxygen atoms in total. The van der Waals surface area contributed by atoms with E-state index in [1.165, 1.54) is 0 Å². The summed E-state index contributed by atoms with van der Waals surface area (Å²) < 4.78 is 7.48. The van der Waals surface area contributed by atoms with E-state index >= 15 is 0 Å². The van der Waals surface area contributed by atoms with Gasteiger partial charge in [0.15, 0.2) is 11.5 Å². The summed E-state index contributed by atoms with van der Waals surface area (Å²) in [5, 5.41) is 11.2. The van der Waals surface area contributed by atoms with Crippen molar-refractivity contribution in [3.8, 4) is 0 Å². The van der Waals surface area contributed by atoms with E-state index in [1.54, 1.807) is 0 Å². The molecule has 0 saturated carbocycles. The summed E-state index contributed by atoms with van der Waals surface area (Å²) in [6.07, 6.45) is 3.01. The average molecular weight is 338 g/mol. The monoisotopic (exact) mass is 338 g/mol. The van der Waals surface area contributed by atoms with Gasteiger partial charge in [0.2, 0.25) is 5.91 Å². The van der Waals surface area contributed by atoms with Crippen molar-refractivity contribution in [1.82, 2.24) is 19.9 Å². The highest BCUT2D eigenvalue weighted by atomic mass is 16.5. The van der Waals surface area contributed by atoms with Crippen molar-refractivity contribution in [2.24, 2.45) is 0 Å². The fourth-order valence-corrected chi connectivity index (χ4v) is 2.63. The van der Waals surface area contributed by atoms with E-state index in [1.807, 2.05) is 66.1 Å². The Bertz CT molecular complexity index is 816. The Labute approximate surface area is 146 Å². The number of aromatic nitrogens is 3. The maximum Gasteiger partial charge on any atom is 0.220 e. The predicted molar refractivity (Wildman–Crippen MR) is 94.9 cm³/mol. The molecule has 1 amide bonds. The molecule has 0 aliphatic rings. The largest absolute Gasteiger partial charge is 0.377 e. The molecule has 2 heterocycles. The van der Waals surface area contributed by atoms with E-state index in [-0.39, 0.29) is 11.9 Å². The molecule has 1 N–H and O–H groups in total. The highest BCUT2D eigenvalue weighted by Gasteiger charge is 2.15. The van der Waals surface area contributed by atoms with Gasteiger partial charge in [-0.2, -0.15) is 0 Å². The Balaban J connectivity index is 1.40. The number of amides is 1. The zero-order chi connectivity index (χ0) is 17.5. The molecule has 130 valence electrons. The Morgan fingerprint density at radius 1 is 1.16 bits per heavy atom. The number of carbonyl (C=O) groups excluding carboxylic acids is 1. The van der Waals surface area contributed by atoms with Crippen LogP contribution in [0, 0.1) is 0 Å². The van der Waals surface area contributed by atoms with Crippen LogP contribution in [0.15, 0.2) is 54.7 Å². The first kappa shape index (κ1) is 17.1. The fourth-order valence-electron chi connectivity index (χ4n) is 2.63. The number of nitrogens with zero attached hydrogens (tertiary/aromatic N) is 3. The van der Waals surface area contributed by atoms with Gasteiger partial charge in [-0.25, -0.2) is 0 Å².